The first-order chi connectivity index (χ1) is 7.16. The zero-order valence-corrected chi connectivity index (χ0v) is 10.2. The summed E-state index contributed by atoms with van der Waals surface area (Å²) in [5, 5.41) is 3.68. The lowest BCUT2D eigenvalue weighted by Gasteiger charge is -2.25. The Kier molecular flexibility index (Phi) is 3.68. The number of ether oxygens (including phenoxy) is 1. The molecule has 1 aliphatic carbocycles. The van der Waals surface area contributed by atoms with Gasteiger partial charge in [0, 0.05) is 19.2 Å². The van der Waals surface area contributed by atoms with Crippen LogP contribution in [0.2, 0.25) is 0 Å². The molecule has 1 heterocycles. The molecule has 88 valence electrons. The van der Waals surface area contributed by atoms with Gasteiger partial charge < -0.3 is 10.1 Å². The fraction of sp³-hybridized carbons (Fsp3) is 1.00. The van der Waals surface area contributed by atoms with Gasteiger partial charge in [-0.2, -0.15) is 0 Å². The average molecular weight is 211 g/mol. The Bertz CT molecular complexity index is 197. The third kappa shape index (κ3) is 3.46. The van der Waals surface area contributed by atoms with Gasteiger partial charge >= 0.3 is 0 Å². The van der Waals surface area contributed by atoms with Crippen LogP contribution in [-0.2, 0) is 4.74 Å². The zero-order valence-electron chi connectivity index (χ0n) is 10.2. The molecule has 1 saturated heterocycles. The second kappa shape index (κ2) is 4.84. The molecule has 0 bridgehead atoms. The molecule has 0 spiro atoms. The fourth-order valence-corrected chi connectivity index (χ4v) is 2.88. The SMILES string of the molecule is CC1(C)CCC(NCC2CCCCO2)C1. The number of rotatable bonds is 3. The van der Waals surface area contributed by atoms with Gasteiger partial charge in [-0.15, -0.1) is 0 Å². The molecule has 2 unspecified atom stereocenters. The van der Waals surface area contributed by atoms with Crippen LogP contribution >= 0.6 is 0 Å². The van der Waals surface area contributed by atoms with Crippen molar-refractivity contribution in [3.63, 3.8) is 0 Å². The summed E-state index contributed by atoms with van der Waals surface area (Å²) < 4.78 is 5.73. The third-order valence-corrected chi connectivity index (χ3v) is 3.88. The second-order valence-electron chi connectivity index (χ2n) is 6.00. The summed E-state index contributed by atoms with van der Waals surface area (Å²) in [5.41, 5.74) is 0.561. The third-order valence-electron chi connectivity index (χ3n) is 3.88. The van der Waals surface area contributed by atoms with Crippen LogP contribution in [0, 0.1) is 5.41 Å². The molecule has 1 saturated carbocycles. The van der Waals surface area contributed by atoms with Crippen molar-refractivity contribution in [3.8, 4) is 0 Å². The van der Waals surface area contributed by atoms with Crippen LogP contribution in [0.4, 0.5) is 0 Å². The second-order valence-corrected chi connectivity index (χ2v) is 6.00. The summed E-state index contributed by atoms with van der Waals surface area (Å²) in [4.78, 5) is 0. The van der Waals surface area contributed by atoms with E-state index in [4.69, 9.17) is 4.74 Å². The molecule has 2 aliphatic rings. The van der Waals surface area contributed by atoms with Gasteiger partial charge in [0.1, 0.15) is 0 Å². The van der Waals surface area contributed by atoms with Crippen LogP contribution in [-0.4, -0.2) is 25.3 Å². The maximum atomic E-state index is 5.73. The molecular formula is C13H25NO. The van der Waals surface area contributed by atoms with E-state index in [0.29, 0.717) is 11.5 Å². The topological polar surface area (TPSA) is 21.3 Å². The van der Waals surface area contributed by atoms with Gasteiger partial charge in [-0.25, -0.2) is 0 Å². The molecule has 0 amide bonds. The van der Waals surface area contributed by atoms with Gasteiger partial charge in [-0.1, -0.05) is 13.8 Å². The van der Waals surface area contributed by atoms with Crippen molar-refractivity contribution in [1.82, 2.24) is 5.32 Å². The Labute approximate surface area is 93.8 Å². The van der Waals surface area contributed by atoms with E-state index in [1.54, 1.807) is 0 Å². The first-order valence-electron chi connectivity index (χ1n) is 6.51. The Balaban J connectivity index is 1.65. The molecule has 0 radical (unpaired) electrons. The molecule has 2 heteroatoms. The van der Waals surface area contributed by atoms with E-state index < -0.39 is 0 Å². The summed E-state index contributed by atoms with van der Waals surface area (Å²) in [6.45, 7) is 6.81. The minimum absolute atomic E-state index is 0.488. The predicted octanol–water partition coefficient (Wildman–Crippen LogP) is 2.72. The molecule has 0 aromatic heterocycles. The van der Waals surface area contributed by atoms with E-state index in [1.165, 1.54) is 38.5 Å². The van der Waals surface area contributed by atoms with E-state index >= 15 is 0 Å². The molecule has 0 aromatic rings. The highest BCUT2D eigenvalue weighted by molar-refractivity contribution is 4.86. The molecule has 2 nitrogen and oxygen atoms in total. The van der Waals surface area contributed by atoms with Crippen molar-refractivity contribution in [1.29, 1.82) is 0 Å². The normalized spacial score (nSPS) is 35.6. The number of nitrogens with one attached hydrogen (secondary N) is 1. The Morgan fingerprint density at radius 3 is 2.73 bits per heavy atom. The van der Waals surface area contributed by atoms with Crippen molar-refractivity contribution in [2.24, 2.45) is 5.41 Å². The first kappa shape index (κ1) is 11.4. The minimum Gasteiger partial charge on any atom is -0.377 e. The molecular weight excluding hydrogens is 186 g/mol. The molecule has 2 rings (SSSR count). The zero-order chi connectivity index (χ0) is 10.7. The van der Waals surface area contributed by atoms with Crippen molar-refractivity contribution in [3.05, 3.63) is 0 Å². The standard InChI is InChI=1S/C13H25NO/c1-13(2)7-6-11(9-13)14-10-12-5-3-4-8-15-12/h11-12,14H,3-10H2,1-2H3. The van der Waals surface area contributed by atoms with Gasteiger partial charge in [0.2, 0.25) is 0 Å². The van der Waals surface area contributed by atoms with Crippen molar-refractivity contribution >= 4 is 0 Å². The Morgan fingerprint density at radius 1 is 1.27 bits per heavy atom. The first-order valence-corrected chi connectivity index (χ1v) is 6.51. The maximum absolute atomic E-state index is 5.73. The van der Waals surface area contributed by atoms with Crippen LogP contribution in [0.25, 0.3) is 0 Å². The van der Waals surface area contributed by atoms with E-state index in [-0.39, 0.29) is 0 Å². The predicted molar refractivity (Wildman–Crippen MR) is 63.0 cm³/mol. The molecule has 1 N–H and O–H groups in total. The fourth-order valence-electron chi connectivity index (χ4n) is 2.88. The van der Waals surface area contributed by atoms with Gasteiger partial charge in [0.05, 0.1) is 6.10 Å². The van der Waals surface area contributed by atoms with Crippen molar-refractivity contribution in [2.75, 3.05) is 13.2 Å². The minimum atomic E-state index is 0.488. The van der Waals surface area contributed by atoms with Gasteiger partial charge in [-0.3, -0.25) is 0 Å². The monoisotopic (exact) mass is 211 g/mol. The molecule has 2 fully saturated rings. The van der Waals surface area contributed by atoms with E-state index in [9.17, 15) is 0 Å². The largest absolute Gasteiger partial charge is 0.377 e. The van der Waals surface area contributed by atoms with Crippen LogP contribution in [0.1, 0.15) is 52.4 Å². The highest BCUT2D eigenvalue weighted by atomic mass is 16.5. The van der Waals surface area contributed by atoms with Crippen molar-refractivity contribution < 1.29 is 4.74 Å². The van der Waals surface area contributed by atoms with E-state index in [1.807, 2.05) is 0 Å². The average Bonchev–Trinajstić information content (AvgIpc) is 2.57. The Morgan fingerprint density at radius 2 is 2.13 bits per heavy atom. The molecule has 2 atom stereocenters. The summed E-state index contributed by atoms with van der Waals surface area (Å²) in [5.74, 6) is 0. The van der Waals surface area contributed by atoms with E-state index in [2.05, 4.69) is 19.2 Å². The smallest absolute Gasteiger partial charge is 0.0699 e. The van der Waals surface area contributed by atoms with Crippen LogP contribution in [0.15, 0.2) is 0 Å². The highest BCUT2D eigenvalue weighted by Gasteiger charge is 2.30. The lowest BCUT2D eigenvalue weighted by atomic mass is 9.92. The summed E-state index contributed by atoms with van der Waals surface area (Å²) in [7, 11) is 0. The molecule has 15 heavy (non-hydrogen) atoms. The van der Waals surface area contributed by atoms with Gasteiger partial charge in [-0.05, 0) is 43.9 Å². The summed E-state index contributed by atoms with van der Waals surface area (Å²) in [6.07, 6.45) is 8.40. The van der Waals surface area contributed by atoms with Crippen molar-refractivity contribution in [2.45, 2.75) is 64.5 Å². The lowest BCUT2D eigenvalue weighted by molar-refractivity contribution is 0.0153. The van der Waals surface area contributed by atoms with Gasteiger partial charge in [0.25, 0.3) is 0 Å². The Hall–Kier alpha value is -0.0800. The van der Waals surface area contributed by atoms with Gasteiger partial charge in [0.15, 0.2) is 0 Å². The van der Waals surface area contributed by atoms with Crippen LogP contribution < -0.4 is 5.32 Å². The quantitative estimate of drug-likeness (QED) is 0.775. The molecule has 0 aromatic carbocycles. The molecule has 1 aliphatic heterocycles. The number of hydrogen-bond acceptors (Lipinski definition) is 2. The summed E-state index contributed by atoms with van der Waals surface area (Å²) in [6, 6.07) is 0.741. The maximum Gasteiger partial charge on any atom is 0.0699 e. The van der Waals surface area contributed by atoms with Crippen LogP contribution in [0.3, 0.4) is 0 Å². The lowest BCUT2D eigenvalue weighted by Crippen LogP contribution is -2.37. The van der Waals surface area contributed by atoms with E-state index in [0.717, 1.165) is 19.2 Å². The summed E-state index contributed by atoms with van der Waals surface area (Å²) >= 11 is 0. The number of hydrogen-bond donors (Lipinski definition) is 1. The highest BCUT2D eigenvalue weighted by Crippen LogP contribution is 2.36. The van der Waals surface area contributed by atoms with Crippen LogP contribution in [0.5, 0.6) is 0 Å².